The Morgan fingerprint density at radius 2 is 2.18 bits per heavy atom. The van der Waals surface area contributed by atoms with Crippen LogP contribution >= 0.6 is 11.8 Å². The first-order valence-electron chi connectivity index (χ1n) is 6.30. The number of nitrogens with one attached hydrogen (secondary N) is 1. The summed E-state index contributed by atoms with van der Waals surface area (Å²) in [7, 11) is 4.27. The molecule has 0 bridgehead atoms. The molecule has 0 saturated carbocycles. The molecule has 0 fully saturated rings. The average molecular weight is 250 g/mol. The molecule has 0 amide bonds. The van der Waals surface area contributed by atoms with Crippen molar-refractivity contribution in [3.05, 3.63) is 29.8 Å². The first-order chi connectivity index (χ1) is 8.18. The van der Waals surface area contributed by atoms with Gasteiger partial charge in [-0.3, -0.25) is 0 Å². The summed E-state index contributed by atoms with van der Waals surface area (Å²) < 4.78 is 0. The fraction of sp³-hybridized carbons (Fsp3) is 0.571. The molecular weight excluding hydrogens is 228 g/mol. The Labute approximate surface area is 109 Å². The SMILES string of the molecule is CC(CNC1CCSc2ccccc21)N(C)C. The molecule has 3 heteroatoms. The highest BCUT2D eigenvalue weighted by atomic mass is 32.2. The van der Waals surface area contributed by atoms with Crippen LogP contribution in [0.2, 0.25) is 0 Å². The van der Waals surface area contributed by atoms with E-state index >= 15 is 0 Å². The molecule has 0 spiro atoms. The second kappa shape index (κ2) is 5.89. The Balaban J connectivity index is 1.99. The third-order valence-electron chi connectivity index (χ3n) is 3.50. The molecule has 1 aliphatic rings. The van der Waals surface area contributed by atoms with Gasteiger partial charge in [0.05, 0.1) is 0 Å². The monoisotopic (exact) mass is 250 g/mol. The van der Waals surface area contributed by atoms with E-state index in [9.17, 15) is 0 Å². The molecule has 1 aromatic carbocycles. The molecule has 0 saturated heterocycles. The zero-order valence-corrected chi connectivity index (χ0v) is 11.8. The molecule has 1 N–H and O–H groups in total. The number of benzene rings is 1. The van der Waals surface area contributed by atoms with E-state index in [1.54, 1.807) is 0 Å². The summed E-state index contributed by atoms with van der Waals surface area (Å²) in [6, 6.07) is 9.90. The second-order valence-corrected chi connectivity index (χ2v) is 6.09. The number of hydrogen-bond acceptors (Lipinski definition) is 3. The quantitative estimate of drug-likeness (QED) is 0.884. The largest absolute Gasteiger partial charge is 0.308 e. The van der Waals surface area contributed by atoms with Crippen molar-refractivity contribution < 1.29 is 0 Å². The van der Waals surface area contributed by atoms with Gasteiger partial charge in [0.2, 0.25) is 0 Å². The van der Waals surface area contributed by atoms with Crippen LogP contribution in [0.5, 0.6) is 0 Å². The predicted octanol–water partition coefficient (Wildman–Crippen LogP) is 2.76. The summed E-state index contributed by atoms with van der Waals surface area (Å²) in [5, 5.41) is 3.70. The fourth-order valence-corrected chi connectivity index (χ4v) is 3.17. The van der Waals surface area contributed by atoms with Crippen molar-refractivity contribution in [1.82, 2.24) is 10.2 Å². The summed E-state index contributed by atoms with van der Waals surface area (Å²) >= 11 is 1.98. The van der Waals surface area contributed by atoms with Crippen LogP contribution in [-0.4, -0.2) is 37.3 Å². The van der Waals surface area contributed by atoms with E-state index in [0.29, 0.717) is 12.1 Å². The molecule has 2 nitrogen and oxygen atoms in total. The number of rotatable bonds is 4. The summed E-state index contributed by atoms with van der Waals surface area (Å²) in [4.78, 5) is 3.71. The maximum absolute atomic E-state index is 3.70. The molecule has 1 heterocycles. The number of nitrogens with zero attached hydrogens (tertiary/aromatic N) is 1. The minimum absolute atomic E-state index is 0.537. The smallest absolute Gasteiger partial charge is 0.0339 e. The second-order valence-electron chi connectivity index (χ2n) is 4.95. The summed E-state index contributed by atoms with van der Waals surface area (Å²) in [6.07, 6.45) is 1.24. The van der Waals surface area contributed by atoms with Gasteiger partial charge in [0.1, 0.15) is 0 Å². The van der Waals surface area contributed by atoms with Crippen molar-refractivity contribution in [3.8, 4) is 0 Å². The normalized spacial score (nSPS) is 21.3. The zero-order valence-electron chi connectivity index (χ0n) is 10.9. The van der Waals surface area contributed by atoms with Gasteiger partial charge in [-0.15, -0.1) is 11.8 Å². The lowest BCUT2D eigenvalue weighted by atomic mass is 10.0. The summed E-state index contributed by atoms with van der Waals surface area (Å²) in [5.74, 6) is 1.23. The van der Waals surface area contributed by atoms with E-state index in [-0.39, 0.29) is 0 Å². The van der Waals surface area contributed by atoms with E-state index in [4.69, 9.17) is 0 Å². The van der Waals surface area contributed by atoms with Gasteiger partial charge in [0, 0.05) is 23.5 Å². The highest BCUT2D eigenvalue weighted by Gasteiger charge is 2.20. The van der Waals surface area contributed by atoms with Crippen LogP contribution in [0, 0.1) is 0 Å². The number of fused-ring (bicyclic) bond motifs is 1. The van der Waals surface area contributed by atoms with Gasteiger partial charge in [-0.2, -0.15) is 0 Å². The van der Waals surface area contributed by atoms with Gasteiger partial charge < -0.3 is 10.2 Å². The van der Waals surface area contributed by atoms with Gasteiger partial charge in [-0.1, -0.05) is 18.2 Å². The number of thioether (sulfide) groups is 1. The summed E-state index contributed by atoms with van der Waals surface area (Å²) in [5.41, 5.74) is 1.48. The van der Waals surface area contributed by atoms with Crippen molar-refractivity contribution in [3.63, 3.8) is 0 Å². The highest BCUT2D eigenvalue weighted by molar-refractivity contribution is 7.99. The lowest BCUT2D eigenvalue weighted by Crippen LogP contribution is -2.37. The van der Waals surface area contributed by atoms with Crippen LogP contribution in [-0.2, 0) is 0 Å². The topological polar surface area (TPSA) is 15.3 Å². The molecule has 2 atom stereocenters. The maximum atomic E-state index is 3.70. The van der Waals surface area contributed by atoms with E-state index in [1.807, 2.05) is 11.8 Å². The minimum Gasteiger partial charge on any atom is -0.308 e. The van der Waals surface area contributed by atoms with Crippen molar-refractivity contribution >= 4 is 11.8 Å². The van der Waals surface area contributed by atoms with Gasteiger partial charge >= 0.3 is 0 Å². The van der Waals surface area contributed by atoms with Crippen LogP contribution in [0.25, 0.3) is 0 Å². The molecule has 1 aliphatic heterocycles. The molecule has 0 aliphatic carbocycles. The van der Waals surface area contributed by atoms with E-state index in [0.717, 1.165) is 6.54 Å². The molecule has 2 rings (SSSR count). The zero-order chi connectivity index (χ0) is 12.3. The van der Waals surface area contributed by atoms with Crippen LogP contribution < -0.4 is 5.32 Å². The lowest BCUT2D eigenvalue weighted by Gasteiger charge is -2.28. The molecule has 0 radical (unpaired) electrons. The Morgan fingerprint density at radius 3 is 2.94 bits per heavy atom. The van der Waals surface area contributed by atoms with Crippen molar-refractivity contribution in [2.24, 2.45) is 0 Å². The molecule has 94 valence electrons. The van der Waals surface area contributed by atoms with Crippen molar-refractivity contribution in [1.29, 1.82) is 0 Å². The Hall–Kier alpha value is -0.510. The molecule has 1 aromatic rings. The van der Waals surface area contributed by atoms with Gasteiger partial charge in [-0.25, -0.2) is 0 Å². The average Bonchev–Trinajstić information content (AvgIpc) is 2.35. The van der Waals surface area contributed by atoms with Gasteiger partial charge in [0.25, 0.3) is 0 Å². The first kappa shape index (κ1) is 12.9. The van der Waals surface area contributed by atoms with Crippen LogP contribution in [0.4, 0.5) is 0 Å². The minimum atomic E-state index is 0.537. The maximum Gasteiger partial charge on any atom is 0.0339 e. The third kappa shape index (κ3) is 3.24. The van der Waals surface area contributed by atoms with E-state index in [2.05, 4.69) is 55.5 Å². The van der Waals surface area contributed by atoms with Crippen molar-refractivity contribution in [2.75, 3.05) is 26.4 Å². The van der Waals surface area contributed by atoms with Gasteiger partial charge in [0.15, 0.2) is 0 Å². The lowest BCUT2D eigenvalue weighted by molar-refractivity contribution is 0.291. The van der Waals surface area contributed by atoms with Crippen LogP contribution in [0.3, 0.4) is 0 Å². The number of hydrogen-bond donors (Lipinski definition) is 1. The predicted molar refractivity (Wildman–Crippen MR) is 75.7 cm³/mol. The molecular formula is C14H22N2S. The Kier molecular flexibility index (Phi) is 4.48. The van der Waals surface area contributed by atoms with Gasteiger partial charge in [-0.05, 0) is 44.8 Å². The standard InChI is InChI=1S/C14H22N2S/c1-11(16(2)3)10-15-13-8-9-17-14-7-5-4-6-12(13)14/h4-7,11,13,15H,8-10H2,1-3H3. The molecule has 2 unspecified atom stereocenters. The Bertz CT molecular complexity index is 365. The van der Waals surface area contributed by atoms with E-state index < -0.39 is 0 Å². The summed E-state index contributed by atoms with van der Waals surface area (Å²) in [6.45, 7) is 3.31. The highest BCUT2D eigenvalue weighted by Crippen LogP contribution is 2.35. The van der Waals surface area contributed by atoms with Crippen LogP contribution in [0.1, 0.15) is 24.9 Å². The van der Waals surface area contributed by atoms with Crippen molar-refractivity contribution in [2.45, 2.75) is 30.3 Å². The third-order valence-corrected chi connectivity index (χ3v) is 4.62. The fourth-order valence-electron chi connectivity index (χ4n) is 2.05. The number of likely N-dealkylation sites (N-methyl/N-ethyl adjacent to an activating group) is 1. The van der Waals surface area contributed by atoms with E-state index in [1.165, 1.54) is 22.6 Å². The van der Waals surface area contributed by atoms with Crippen LogP contribution in [0.15, 0.2) is 29.2 Å². The molecule has 0 aromatic heterocycles. The Morgan fingerprint density at radius 1 is 1.41 bits per heavy atom. The molecule has 17 heavy (non-hydrogen) atoms. The first-order valence-corrected chi connectivity index (χ1v) is 7.28.